The molecule has 1 saturated heterocycles. The number of halogens is 2. The van der Waals surface area contributed by atoms with Crippen LogP contribution in [0, 0.1) is 5.92 Å². The van der Waals surface area contributed by atoms with E-state index in [0.29, 0.717) is 0 Å². The first-order valence-corrected chi connectivity index (χ1v) is 8.27. The number of piperidine rings is 1. The molecule has 0 unspecified atom stereocenters. The topological polar surface area (TPSA) is 16.1 Å². The van der Waals surface area contributed by atoms with Crippen LogP contribution in [-0.4, -0.2) is 29.0 Å². The van der Waals surface area contributed by atoms with Gasteiger partial charge in [0, 0.05) is 10.9 Å². The van der Waals surface area contributed by atoms with Crippen LogP contribution in [0.2, 0.25) is 0 Å². The summed E-state index contributed by atoms with van der Waals surface area (Å²) >= 11 is 5.38. The lowest BCUT2D eigenvalue weighted by Gasteiger charge is -2.43. The molecule has 0 radical (unpaired) electrons. The fourth-order valence-electron chi connectivity index (χ4n) is 3.42. The van der Waals surface area contributed by atoms with E-state index in [9.17, 15) is 0 Å². The molecule has 2 atom stereocenters. The van der Waals surface area contributed by atoms with E-state index in [1.807, 2.05) is 11.3 Å². The average molecular weight is 352 g/mol. The minimum atomic E-state index is 0. The van der Waals surface area contributed by atoms with Crippen molar-refractivity contribution in [1.29, 1.82) is 0 Å². The molecule has 0 N–H and O–H groups in total. The molecule has 1 aromatic heterocycles. The number of fused-ring (bicyclic) bond motifs is 2. The molecule has 18 heavy (non-hydrogen) atoms. The maximum absolute atomic E-state index is 4.63. The van der Waals surface area contributed by atoms with Crippen LogP contribution >= 0.6 is 39.7 Å². The molecule has 1 fully saturated rings. The molecule has 2 aliphatic rings. The third-order valence-corrected chi connectivity index (χ3v) is 5.72. The molecule has 0 amide bonds. The fraction of sp³-hybridized carbons (Fsp3) is 0.769. The summed E-state index contributed by atoms with van der Waals surface area (Å²) in [6, 6.07) is 0.795. The van der Waals surface area contributed by atoms with E-state index in [4.69, 9.17) is 0 Å². The first kappa shape index (κ1) is 14.8. The second kappa shape index (κ2) is 6.21. The number of rotatable bonds is 2. The van der Waals surface area contributed by atoms with Crippen LogP contribution < -0.4 is 0 Å². The molecular formula is C13H20BrClN2S. The van der Waals surface area contributed by atoms with Gasteiger partial charge in [0.25, 0.3) is 0 Å². The van der Waals surface area contributed by atoms with Crippen molar-refractivity contribution in [1.82, 2.24) is 9.88 Å². The van der Waals surface area contributed by atoms with Crippen molar-refractivity contribution < 1.29 is 0 Å². The molecule has 1 aliphatic heterocycles. The van der Waals surface area contributed by atoms with Crippen LogP contribution in [0.15, 0.2) is 3.92 Å². The Morgan fingerprint density at radius 2 is 2.28 bits per heavy atom. The van der Waals surface area contributed by atoms with Gasteiger partial charge in [-0.25, -0.2) is 4.98 Å². The second-order valence-corrected chi connectivity index (χ2v) is 7.61. The van der Waals surface area contributed by atoms with Gasteiger partial charge in [-0.3, -0.25) is 4.90 Å². The Morgan fingerprint density at radius 3 is 3.06 bits per heavy atom. The quantitative estimate of drug-likeness (QED) is 0.803. The van der Waals surface area contributed by atoms with Gasteiger partial charge in [-0.1, -0.05) is 6.92 Å². The lowest BCUT2D eigenvalue weighted by Crippen LogP contribution is -2.49. The number of hydrogen-bond acceptors (Lipinski definition) is 3. The van der Waals surface area contributed by atoms with Gasteiger partial charge in [0.05, 0.1) is 5.69 Å². The van der Waals surface area contributed by atoms with Gasteiger partial charge >= 0.3 is 0 Å². The molecule has 5 heteroatoms. The summed E-state index contributed by atoms with van der Waals surface area (Å²) in [7, 11) is 0. The molecule has 0 spiro atoms. The van der Waals surface area contributed by atoms with E-state index in [2.05, 4.69) is 32.7 Å². The normalized spacial score (nSPS) is 27.2. The number of thiazole rings is 1. The van der Waals surface area contributed by atoms with E-state index in [0.717, 1.165) is 15.9 Å². The molecular weight excluding hydrogens is 332 g/mol. The lowest BCUT2D eigenvalue weighted by atomic mass is 9.79. The Hall–Kier alpha value is 0.360. The molecule has 2 nitrogen and oxygen atoms in total. The Labute approximate surface area is 128 Å². The average Bonchev–Trinajstić information content (AvgIpc) is 2.66. The molecule has 0 saturated carbocycles. The highest BCUT2D eigenvalue weighted by Gasteiger charge is 2.36. The number of nitrogens with zero attached hydrogens (tertiary/aromatic N) is 2. The molecule has 3 rings (SSSR count). The summed E-state index contributed by atoms with van der Waals surface area (Å²) in [5.41, 5.74) is 1.38. The summed E-state index contributed by atoms with van der Waals surface area (Å²) in [5.74, 6) is 0.858. The van der Waals surface area contributed by atoms with Crippen molar-refractivity contribution in [3.05, 3.63) is 14.5 Å². The minimum absolute atomic E-state index is 0. The lowest BCUT2D eigenvalue weighted by molar-refractivity contribution is 0.0857. The molecule has 1 aliphatic carbocycles. The van der Waals surface area contributed by atoms with Crippen molar-refractivity contribution in [2.24, 2.45) is 5.92 Å². The monoisotopic (exact) mass is 350 g/mol. The maximum Gasteiger partial charge on any atom is 0.159 e. The Morgan fingerprint density at radius 1 is 1.44 bits per heavy atom. The molecule has 0 bridgehead atoms. The van der Waals surface area contributed by atoms with Crippen molar-refractivity contribution >= 4 is 39.7 Å². The largest absolute Gasteiger partial charge is 0.300 e. The van der Waals surface area contributed by atoms with E-state index in [1.165, 1.54) is 55.8 Å². The summed E-state index contributed by atoms with van der Waals surface area (Å²) in [5, 5.41) is 0. The predicted octanol–water partition coefficient (Wildman–Crippen LogP) is 3.92. The van der Waals surface area contributed by atoms with Crippen molar-refractivity contribution in [3.8, 4) is 0 Å². The van der Waals surface area contributed by atoms with Gasteiger partial charge in [0.2, 0.25) is 0 Å². The zero-order valence-corrected chi connectivity index (χ0v) is 13.9. The minimum Gasteiger partial charge on any atom is -0.300 e. The van der Waals surface area contributed by atoms with Gasteiger partial charge in [0.1, 0.15) is 0 Å². The van der Waals surface area contributed by atoms with Crippen LogP contribution in [0.5, 0.6) is 0 Å². The smallest absolute Gasteiger partial charge is 0.159 e. The van der Waals surface area contributed by atoms with Crippen LogP contribution in [0.1, 0.15) is 36.8 Å². The summed E-state index contributed by atoms with van der Waals surface area (Å²) in [6.07, 6.45) is 6.51. The van der Waals surface area contributed by atoms with E-state index in [1.54, 1.807) is 0 Å². The van der Waals surface area contributed by atoms with Crippen molar-refractivity contribution in [3.63, 3.8) is 0 Å². The van der Waals surface area contributed by atoms with Crippen LogP contribution in [0.4, 0.5) is 0 Å². The van der Waals surface area contributed by atoms with Gasteiger partial charge in [-0.2, -0.15) is 0 Å². The zero-order chi connectivity index (χ0) is 11.8. The molecule has 102 valence electrons. The Kier molecular flexibility index (Phi) is 5.09. The zero-order valence-electron chi connectivity index (χ0n) is 10.7. The first-order chi connectivity index (χ1) is 8.28. The van der Waals surface area contributed by atoms with Gasteiger partial charge in [-0.05, 0) is 67.0 Å². The number of likely N-dealkylation sites (tertiary alicyclic amines) is 1. The number of aromatic nitrogens is 1. The number of hydrogen-bond donors (Lipinski definition) is 0. The Bertz CT molecular complexity index is 408. The maximum atomic E-state index is 4.63. The summed E-state index contributed by atoms with van der Waals surface area (Å²) in [4.78, 5) is 8.89. The standard InChI is InChI=1S/C13H19BrN2S.ClH/c1-2-5-16-6-3-4-9-7-10-12(8-11(9)16)17-13(14)15-10;/h9,11H,2-8H2,1H3;1H/t9-,11-;/m0./s1. The van der Waals surface area contributed by atoms with Gasteiger partial charge < -0.3 is 0 Å². The highest BCUT2D eigenvalue weighted by atomic mass is 79.9. The highest BCUT2D eigenvalue weighted by molar-refractivity contribution is 9.11. The van der Waals surface area contributed by atoms with E-state index < -0.39 is 0 Å². The highest BCUT2D eigenvalue weighted by Crippen LogP contribution is 2.38. The Balaban J connectivity index is 0.00000120. The fourth-order valence-corrected chi connectivity index (χ4v) is 5.08. The van der Waals surface area contributed by atoms with Crippen LogP contribution in [-0.2, 0) is 12.8 Å². The first-order valence-electron chi connectivity index (χ1n) is 6.66. The summed E-state index contributed by atoms with van der Waals surface area (Å²) < 4.78 is 1.07. The molecule has 0 aromatic carbocycles. The molecule has 2 heterocycles. The third-order valence-electron chi connectivity index (χ3n) is 4.15. The van der Waals surface area contributed by atoms with E-state index >= 15 is 0 Å². The van der Waals surface area contributed by atoms with E-state index in [-0.39, 0.29) is 12.4 Å². The molecule has 1 aromatic rings. The van der Waals surface area contributed by atoms with Gasteiger partial charge in [0.15, 0.2) is 3.92 Å². The van der Waals surface area contributed by atoms with Crippen molar-refractivity contribution in [2.45, 2.75) is 45.1 Å². The van der Waals surface area contributed by atoms with Crippen LogP contribution in [0.3, 0.4) is 0 Å². The third kappa shape index (κ3) is 2.77. The van der Waals surface area contributed by atoms with Crippen LogP contribution in [0.25, 0.3) is 0 Å². The summed E-state index contributed by atoms with van der Waals surface area (Å²) in [6.45, 7) is 4.88. The SMILES string of the molecule is CCCN1CCC[C@H]2Cc3nc(Br)sc3C[C@@H]21.Cl. The second-order valence-electron chi connectivity index (χ2n) is 5.25. The van der Waals surface area contributed by atoms with Crippen molar-refractivity contribution in [2.75, 3.05) is 13.1 Å². The van der Waals surface area contributed by atoms with Gasteiger partial charge in [-0.15, -0.1) is 23.7 Å². The predicted molar refractivity (Wildman–Crippen MR) is 82.8 cm³/mol.